The number of nitrogens with zero attached hydrogens (tertiary/aromatic N) is 1. The molecule has 1 unspecified atom stereocenters. The third-order valence-corrected chi connectivity index (χ3v) is 5.56. The maximum absolute atomic E-state index is 5.48. The fourth-order valence-electron chi connectivity index (χ4n) is 2.28. The van der Waals surface area contributed by atoms with Crippen molar-refractivity contribution in [2.75, 3.05) is 27.3 Å². The first-order valence-corrected chi connectivity index (χ1v) is 9.28. The third-order valence-electron chi connectivity index (χ3n) is 3.58. The summed E-state index contributed by atoms with van der Waals surface area (Å²) in [4.78, 5) is 2.66. The van der Waals surface area contributed by atoms with Gasteiger partial charge < -0.3 is 13.8 Å². The van der Waals surface area contributed by atoms with Gasteiger partial charge in [-0.25, -0.2) is 0 Å². The van der Waals surface area contributed by atoms with Crippen molar-refractivity contribution in [3.63, 3.8) is 0 Å². The highest BCUT2D eigenvalue weighted by Gasteiger charge is 2.22. The van der Waals surface area contributed by atoms with Gasteiger partial charge in [-0.2, -0.15) is 0 Å². The van der Waals surface area contributed by atoms with E-state index in [2.05, 4.69) is 25.7 Å². The largest absolute Gasteiger partial charge is 0.400 e. The van der Waals surface area contributed by atoms with E-state index in [1.807, 2.05) is 0 Å². The first-order valence-electron chi connectivity index (χ1n) is 7.52. The zero-order valence-electron chi connectivity index (χ0n) is 13.1. The molecular weight excluding hydrogens is 242 g/mol. The average molecular weight is 276 g/mol. The molecule has 4 heteroatoms. The van der Waals surface area contributed by atoms with Crippen molar-refractivity contribution in [3.05, 3.63) is 0 Å². The molecule has 0 fully saturated rings. The molecule has 0 heterocycles. The van der Waals surface area contributed by atoms with Gasteiger partial charge in [-0.15, -0.1) is 0 Å². The lowest BCUT2D eigenvalue weighted by atomic mass is 10.1. The number of rotatable bonds is 12. The number of hydrogen-bond acceptors (Lipinski definition) is 3. The topological polar surface area (TPSA) is 21.7 Å². The molecule has 0 radical (unpaired) electrons. The molecule has 0 saturated heterocycles. The second-order valence-electron chi connectivity index (χ2n) is 4.94. The van der Waals surface area contributed by atoms with E-state index in [4.69, 9.17) is 8.85 Å². The van der Waals surface area contributed by atoms with Gasteiger partial charge in [0.05, 0.1) is 0 Å². The second-order valence-corrected chi connectivity index (χ2v) is 7.22. The lowest BCUT2D eigenvalue weighted by Crippen LogP contribution is -2.40. The maximum Gasteiger partial charge on any atom is 0.322 e. The van der Waals surface area contributed by atoms with E-state index in [0.29, 0.717) is 6.04 Å². The molecule has 0 rings (SSSR count). The van der Waals surface area contributed by atoms with Gasteiger partial charge in [0.2, 0.25) is 0 Å². The van der Waals surface area contributed by atoms with Crippen LogP contribution in [-0.4, -0.2) is 47.5 Å². The smallest absolute Gasteiger partial charge is 0.322 e. The Morgan fingerprint density at radius 3 is 1.78 bits per heavy atom. The minimum atomic E-state index is -1.43. The van der Waals surface area contributed by atoms with Gasteiger partial charge in [-0.05, 0) is 32.4 Å². The molecule has 0 spiro atoms. The summed E-state index contributed by atoms with van der Waals surface area (Å²) in [6.07, 6.45) is 6.34. The van der Waals surface area contributed by atoms with Crippen molar-refractivity contribution in [1.29, 1.82) is 0 Å². The van der Waals surface area contributed by atoms with Gasteiger partial charge in [-0.3, -0.25) is 0 Å². The molecule has 110 valence electrons. The van der Waals surface area contributed by atoms with Crippen molar-refractivity contribution in [2.45, 2.75) is 65.0 Å². The van der Waals surface area contributed by atoms with Crippen molar-refractivity contribution in [3.8, 4) is 0 Å². The molecule has 0 bridgehead atoms. The molecule has 0 amide bonds. The van der Waals surface area contributed by atoms with Crippen LogP contribution in [0, 0.1) is 0 Å². The van der Waals surface area contributed by atoms with Crippen LogP contribution in [-0.2, 0) is 8.85 Å². The summed E-state index contributed by atoms with van der Waals surface area (Å²) >= 11 is 0. The zero-order valence-corrected chi connectivity index (χ0v) is 14.2. The van der Waals surface area contributed by atoms with Gasteiger partial charge >= 0.3 is 9.28 Å². The fourth-order valence-corrected chi connectivity index (χ4v) is 3.94. The quantitative estimate of drug-likeness (QED) is 0.511. The number of hydrogen-bond donors (Lipinski definition) is 0. The highest BCUT2D eigenvalue weighted by atomic mass is 28.3. The Hall–Kier alpha value is 0.0969. The Kier molecular flexibility index (Phi) is 12.2. The minimum absolute atomic E-state index is 0.639. The molecule has 0 aliphatic heterocycles. The zero-order chi connectivity index (χ0) is 13.8. The first kappa shape index (κ1) is 18.1. The summed E-state index contributed by atoms with van der Waals surface area (Å²) in [5.74, 6) is 0. The molecule has 1 atom stereocenters. The molecule has 3 nitrogen and oxygen atoms in total. The van der Waals surface area contributed by atoms with Crippen LogP contribution >= 0.6 is 0 Å². The Bertz CT molecular complexity index is 169. The maximum atomic E-state index is 5.48. The third kappa shape index (κ3) is 7.51. The van der Waals surface area contributed by atoms with E-state index in [-0.39, 0.29) is 0 Å². The molecule has 0 aliphatic carbocycles. The Morgan fingerprint density at radius 1 is 0.944 bits per heavy atom. The fraction of sp³-hybridized carbons (Fsp3) is 1.00. The van der Waals surface area contributed by atoms with Gasteiger partial charge in [0.1, 0.15) is 0 Å². The molecule has 0 aromatic heterocycles. The molecule has 0 aromatic carbocycles. The van der Waals surface area contributed by atoms with E-state index < -0.39 is 9.28 Å². The monoisotopic (exact) mass is 275 g/mol. The summed E-state index contributed by atoms with van der Waals surface area (Å²) in [6, 6.07) is 1.75. The van der Waals surface area contributed by atoms with Crippen LogP contribution < -0.4 is 0 Å². The Labute approximate surface area is 116 Å². The number of unbranched alkanes of at least 4 members (excludes halogenated alkanes) is 2. The molecule has 0 saturated carbocycles. The van der Waals surface area contributed by atoms with E-state index in [1.165, 1.54) is 45.2 Å². The highest BCUT2D eigenvalue weighted by molar-refractivity contribution is 6.44. The van der Waals surface area contributed by atoms with Gasteiger partial charge in [0, 0.05) is 26.3 Å². The Balaban J connectivity index is 4.36. The van der Waals surface area contributed by atoms with Crippen LogP contribution in [0.5, 0.6) is 0 Å². The van der Waals surface area contributed by atoms with Gasteiger partial charge in [0.25, 0.3) is 0 Å². The summed E-state index contributed by atoms with van der Waals surface area (Å²) in [6.45, 7) is 9.26. The highest BCUT2D eigenvalue weighted by Crippen LogP contribution is 2.15. The summed E-state index contributed by atoms with van der Waals surface area (Å²) in [5.41, 5.74) is 0. The minimum Gasteiger partial charge on any atom is -0.400 e. The van der Waals surface area contributed by atoms with Crippen LogP contribution in [0.2, 0.25) is 6.04 Å². The van der Waals surface area contributed by atoms with E-state index in [1.54, 1.807) is 14.2 Å². The van der Waals surface area contributed by atoms with Crippen LogP contribution in [0.1, 0.15) is 52.9 Å². The van der Waals surface area contributed by atoms with Crippen molar-refractivity contribution in [2.24, 2.45) is 0 Å². The predicted octanol–water partition coefficient (Wildman–Crippen LogP) is 3.18. The van der Waals surface area contributed by atoms with Crippen LogP contribution in [0.15, 0.2) is 0 Å². The van der Waals surface area contributed by atoms with Crippen molar-refractivity contribution >= 4 is 9.28 Å². The van der Waals surface area contributed by atoms with E-state index in [9.17, 15) is 0 Å². The van der Waals surface area contributed by atoms with Crippen LogP contribution in [0.25, 0.3) is 0 Å². The van der Waals surface area contributed by atoms with Crippen molar-refractivity contribution < 1.29 is 8.85 Å². The summed E-state index contributed by atoms with van der Waals surface area (Å²) in [7, 11) is 2.14. The van der Waals surface area contributed by atoms with Crippen molar-refractivity contribution in [1.82, 2.24) is 4.90 Å². The summed E-state index contributed by atoms with van der Waals surface area (Å²) < 4.78 is 11.0. The van der Waals surface area contributed by atoms with Crippen LogP contribution in [0.4, 0.5) is 0 Å². The van der Waals surface area contributed by atoms with Gasteiger partial charge in [-0.1, -0.05) is 33.6 Å². The standard InChI is InChI=1S/C14H33NO2Si/c1-6-9-11-15(12-10-7-2)14(8-3)13-18(16-4)17-5/h14,18H,6-13H2,1-5H3. The first-order chi connectivity index (χ1) is 8.73. The molecule has 0 N–H and O–H groups in total. The van der Waals surface area contributed by atoms with E-state index in [0.717, 1.165) is 6.04 Å². The Morgan fingerprint density at radius 2 is 1.44 bits per heavy atom. The lowest BCUT2D eigenvalue weighted by Gasteiger charge is -2.32. The summed E-state index contributed by atoms with van der Waals surface area (Å²) in [5, 5.41) is 0. The molecule has 0 aromatic rings. The predicted molar refractivity (Wildman–Crippen MR) is 81.4 cm³/mol. The lowest BCUT2D eigenvalue weighted by molar-refractivity contribution is 0.182. The molecule has 0 aliphatic rings. The SMILES string of the molecule is CCCCN(CCCC)C(CC)C[SiH](OC)OC. The second kappa shape index (κ2) is 12.1. The normalized spacial score (nSPS) is 13.5. The van der Waals surface area contributed by atoms with E-state index >= 15 is 0 Å². The van der Waals surface area contributed by atoms with Crippen LogP contribution in [0.3, 0.4) is 0 Å². The average Bonchev–Trinajstić information content (AvgIpc) is 2.41. The molecule has 18 heavy (non-hydrogen) atoms. The molecular formula is C14H33NO2Si. The van der Waals surface area contributed by atoms with Gasteiger partial charge in [0.15, 0.2) is 0 Å².